The molecule has 9 nitrogen and oxygen atoms in total. The number of hydrogen-bond donors (Lipinski definition) is 2. The molecular formula is C19H17N7O2S. The Morgan fingerprint density at radius 2 is 1.97 bits per heavy atom. The van der Waals surface area contributed by atoms with Gasteiger partial charge in [0.1, 0.15) is 0 Å². The summed E-state index contributed by atoms with van der Waals surface area (Å²) in [6.45, 7) is 0.477. The number of rotatable bonds is 6. The summed E-state index contributed by atoms with van der Waals surface area (Å²) in [6, 6.07) is 11.9. The summed E-state index contributed by atoms with van der Waals surface area (Å²) >= 11 is 0. The van der Waals surface area contributed by atoms with Crippen LogP contribution in [0.4, 0.5) is 17.1 Å². The molecule has 0 saturated carbocycles. The predicted octanol–water partition coefficient (Wildman–Crippen LogP) is 2.71. The molecule has 0 aliphatic heterocycles. The van der Waals surface area contributed by atoms with Gasteiger partial charge in [-0.05, 0) is 18.2 Å². The quantitative estimate of drug-likeness (QED) is 0.502. The number of hydrogen-bond acceptors (Lipinski definition) is 7. The summed E-state index contributed by atoms with van der Waals surface area (Å²) < 4.78 is 28.8. The maximum Gasteiger partial charge on any atom is 0.269 e. The van der Waals surface area contributed by atoms with Gasteiger partial charge >= 0.3 is 0 Å². The molecule has 0 fully saturated rings. The third-order valence-electron chi connectivity index (χ3n) is 4.37. The van der Waals surface area contributed by atoms with Crippen LogP contribution in [0.1, 0.15) is 6.42 Å². The van der Waals surface area contributed by atoms with Crippen LogP contribution < -0.4 is 11.1 Å². The average molecular weight is 407 g/mol. The number of anilines is 3. The van der Waals surface area contributed by atoms with Crippen molar-refractivity contribution in [2.45, 2.75) is 17.9 Å². The van der Waals surface area contributed by atoms with Gasteiger partial charge in [-0.1, -0.05) is 18.2 Å². The first-order valence-electron chi connectivity index (χ1n) is 8.73. The van der Waals surface area contributed by atoms with Crippen molar-refractivity contribution in [1.29, 1.82) is 5.26 Å². The lowest BCUT2D eigenvalue weighted by Gasteiger charge is -2.10. The Morgan fingerprint density at radius 1 is 1.17 bits per heavy atom. The van der Waals surface area contributed by atoms with Crippen molar-refractivity contribution in [2.24, 2.45) is 0 Å². The first kappa shape index (κ1) is 18.5. The number of nitrogens with two attached hydrogens (primary N) is 1. The van der Waals surface area contributed by atoms with Crippen LogP contribution in [0.2, 0.25) is 0 Å². The Labute approximate surface area is 167 Å². The van der Waals surface area contributed by atoms with E-state index in [0.29, 0.717) is 35.4 Å². The van der Waals surface area contributed by atoms with Gasteiger partial charge in [-0.15, -0.1) is 0 Å². The lowest BCUT2D eigenvalue weighted by atomic mass is 10.2. The van der Waals surface area contributed by atoms with Crippen molar-refractivity contribution in [1.82, 2.24) is 18.7 Å². The summed E-state index contributed by atoms with van der Waals surface area (Å²) in [5.74, 6) is 0. The highest BCUT2D eigenvalue weighted by molar-refractivity contribution is 7.90. The lowest BCUT2D eigenvalue weighted by molar-refractivity contribution is 0.589. The van der Waals surface area contributed by atoms with Crippen LogP contribution in [-0.2, 0) is 16.6 Å². The summed E-state index contributed by atoms with van der Waals surface area (Å²) in [7, 11) is -3.79. The van der Waals surface area contributed by atoms with E-state index in [2.05, 4.69) is 21.5 Å². The number of nitrogens with one attached hydrogen (secondary N) is 1. The molecule has 0 atom stereocenters. The summed E-state index contributed by atoms with van der Waals surface area (Å²) in [5.41, 5.74) is 7.94. The number of aryl methyl sites for hydroxylation is 1. The lowest BCUT2D eigenvalue weighted by Crippen LogP contribution is -2.12. The molecular weight excluding hydrogens is 390 g/mol. The second kappa shape index (κ2) is 7.29. The molecule has 3 aromatic heterocycles. The number of nitriles is 1. The Hall–Kier alpha value is -3.84. The molecule has 0 aliphatic rings. The molecule has 0 unspecified atom stereocenters. The van der Waals surface area contributed by atoms with Crippen molar-refractivity contribution < 1.29 is 8.42 Å². The van der Waals surface area contributed by atoms with E-state index in [1.165, 1.54) is 24.5 Å². The molecule has 3 N–H and O–H groups in total. The number of nitrogens with zero attached hydrogens (tertiary/aromatic N) is 5. The van der Waals surface area contributed by atoms with E-state index >= 15 is 0 Å². The minimum atomic E-state index is -3.79. The molecule has 29 heavy (non-hydrogen) atoms. The molecule has 4 rings (SSSR count). The maximum atomic E-state index is 13.0. The van der Waals surface area contributed by atoms with Gasteiger partial charge in [-0.3, -0.25) is 4.68 Å². The van der Waals surface area contributed by atoms with Crippen molar-refractivity contribution in [3.05, 3.63) is 61.2 Å². The molecule has 0 saturated heterocycles. The monoisotopic (exact) mass is 407 g/mol. The van der Waals surface area contributed by atoms with E-state index in [1.807, 2.05) is 0 Å². The maximum absolute atomic E-state index is 13.0. The topological polar surface area (TPSA) is 132 Å². The van der Waals surface area contributed by atoms with E-state index in [4.69, 9.17) is 11.0 Å². The second-order valence-electron chi connectivity index (χ2n) is 6.28. The highest BCUT2D eigenvalue weighted by Gasteiger charge is 2.21. The summed E-state index contributed by atoms with van der Waals surface area (Å²) in [5, 5.41) is 16.6. The largest absolute Gasteiger partial charge is 0.396 e. The smallest absolute Gasteiger partial charge is 0.269 e. The third kappa shape index (κ3) is 3.39. The molecule has 0 bridgehead atoms. The van der Waals surface area contributed by atoms with Crippen LogP contribution in [-0.4, -0.2) is 27.2 Å². The van der Waals surface area contributed by atoms with E-state index < -0.39 is 10.0 Å². The van der Waals surface area contributed by atoms with Crippen molar-refractivity contribution in [2.75, 3.05) is 11.1 Å². The highest BCUT2D eigenvalue weighted by Crippen LogP contribution is 2.32. The number of pyridine rings is 1. The van der Waals surface area contributed by atoms with Crippen LogP contribution in [0.3, 0.4) is 0 Å². The molecule has 3 heterocycles. The van der Waals surface area contributed by atoms with Crippen molar-refractivity contribution in [3.63, 3.8) is 0 Å². The number of benzene rings is 1. The van der Waals surface area contributed by atoms with Crippen LogP contribution in [0.25, 0.3) is 11.0 Å². The van der Waals surface area contributed by atoms with E-state index in [1.54, 1.807) is 41.3 Å². The van der Waals surface area contributed by atoms with E-state index in [0.717, 1.165) is 3.97 Å². The zero-order valence-electron chi connectivity index (χ0n) is 15.2. The number of aromatic nitrogens is 4. The van der Waals surface area contributed by atoms with Crippen molar-refractivity contribution >= 4 is 38.1 Å². The zero-order valence-corrected chi connectivity index (χ0v) is 16.0. The third-order valence-corrected chi connectivity index (χ3v) is 6.05. The fourth-order valence-corrected chi connectivity index (χ4v) is 4.30. The van der Waals surface area contributed by atoms with Gasteiger partial charge in [-0.25, -0.2) is 17.4 Å². The van der Waals surface area contributed by atoms with Crippen LogP contribution in [0, 0.1) is 11.3 Å². The van der Waals surface area contributed by atoms with Gasteiger partial charge in [0.05, 0.1) is 53.4 Å². The normalized spacial score (nSPS) is 11.4. The van der Waals surface area contributed by atoms with Crippen LogP contribution in [0.15, 0.2) is 66.1 Å². The zero-order chi connectivity index (χ0) is 20.4. The van der Waals surface area contributed by atoms with Gasteiger partial charge in [0, 0.05) is 17.8 Å². The summed E-state index contributed by atoms with van der Waals surface area (Å²) in [6.07, 6.45) is 6.59. The number of nitrogen functional groups attached to an aromatic ring is 1. The highest BCUT2D eigenvalue weighted by atomic mass is 32.2. The molecule has 1 aromatic carbocycles. The standard InChI is InChI=1S/C19H17N7O2S/c20-8-4-9-25-13-14(11-23-25)24-18-16-7-10-26(19(16)22-12-17(18)21)29(27,28)15-5-2-1-3-6-15/h1-3,5-7,10-13H,4,9,21H2,(H,22,24). The van der Waals surface area contributed by atoms with Gasteiger partial charge in [0.25, 0.3) is 10.0 Å². The Balaban J connectivity index is 1.75. The molecule has 0 spiro atoms. The average Bonchev–Trinajstić information content (AvgIpc) is 3.36. The first-order chi connectivity index (χ1) is 14.0. The first-order valence-corrected chi connectivity index (χ1v) is 10.2. The SMILES string of the molecule is N#CCCn1cc(Nc2c(N)cnc3c2ccn3S(=O)(=O)c2ccccc2)cn1. The Morgan fingerprint density at radius 3 is 2.72 bits per heavy atom. The van der Waals surface area contributed by atoms with Gasteiger partial charge < -0.3 is 11.1 Å². The minimum absolute atomic E-state index is 0.171. The summed E-state index contributed by atoms with van der Waals surface area (Å²) in [4.78, 5) is 4.41. The molecule has 4 aromatic rings. The molecule has 0 aliphatic carbocycles. The molecule has 0 radical (unpaired) electrons. The Kier molecular flexibility index (Phi) is 4.66. The number of fused-ring (bicyclic) bond motifs is 1. The van der Waals surface area contributed by atoms with E-state index in [-0.39, 0.29) is 10.5 Å². The second-order valence-corrected chi connectivity index (χ2v) is 8.10. The van der Waals surface area contributed by atoms with E-state index in [9.17, 15) is 8.42 Å². The van der Waals surface area contributed by atoms with Gasteiger partial charge in [-0.2, -0.15) is 10.4 Å². The minimum Gasteiger partial charge on any atom is -0.396 e. The Bertz CT molecular complexity index is 1320. The van der Waals surface area contributed by atoms with Gasteiger partial charge in [0.15, 0.2) is 5.65 Å². The van der Waals surface area contributed by atoms with Gasteiger partial charge in [0.2, 0.25) is 0 Å². The fourth-order valence-electron chi connectivity index (χ4n) is 2.98. The molecule has 10 heteroatoms. The van der Waals surface area contributed by atoms with Crippen LogP contribution in [0.5, 0.6) is 0 Å². The van der Waals surface area contributed by atoms with Crippen molar-refractivity contribution in [3.8, 4) is 6.07 Å². The molecule has 146 valence electrons. The van der Waals surface area contributed by atoms with Crippen LogP contribution >= 0.6 is 0 Å². The fraction of sp³-hybridized carbons (Fsp3) is 0.105. The predicted molar refractivity (Wildman–Crippen MR) is 109 cm³/mol. The molecule has 0 amide bonds.